The normalized spacial score (nSPS) is 25.7. The van der Waals surface area contributed by atoms with Gasteiger partial charge in [0.05, 0.1) is 11.4 Å². The molecule has 2 aliphatic heterocycles. The lowest BCUT2D eigenvalue weighted by Crippen LogP contribution is -2.58. The first-order valence-corrected chi connectivity index (χ1v) is 19.1. The molecule has 3 aliphatic rings. The van der Waals surface area contributed by atoms with Gasteiger partial charge in [0.1, 0.15) is 24.2 Å². The monoisotopic (exact) mass is 733 g/mol. The predicted octanol–water partition coefficient (Wildman–Crippen LogP) is 2.06. The summed E-state index contributed by atoms with van der Waals surface area (Å²) in [6.07, 6.45) is 4.04. The molecule has 6 amide bonds. The van der Waals surface area contributed by atoms with Crippen molar-refractivity contribution < 1.29 is 28.8 Å². The number of hydrogen-bond acceptors (Lipinski definition) is 8. The smallest absolute Gasteiger partial charge is 0.247 e. The predicted molar refractivity (Wildman–Crippen MR) is 198 cm³/mol. The Hall–Kier alpha value is -4.43. The molecule has 52 heavy (non-hydrogen) atoms. The van der Waals surface area contributed by atoms with Crippen LogP contribution in [0.25, 0.3) is 0 Å². The average molecular weight is 734 g/mol. The second-order valence-electron chi connectivity index (χ2n) is 14.6. The highest BCUT2D eigenvalue weighted by Crippen LogP contribution is 2.46. The van der Waals surface area contributed by atoms with E-state index in [1.807, 2.05) is 50.2 Å². The lowest BCUT2D eigenvalue weighted by atomic mass is 9.83. The minimum Gasteiger partial charge on any atom is -0.351 e. The Kier molecular flexibility index (Phi) is 13.0. The summed E-state index contributed by atoms with van der Waals surface area (Å²) in [5.74, 6) is -1.00. The van der Waals surface area contributed by atoms with Gasteiger partial charge in [-0.2, -0.15) is 0 Å². The van der Waals surface area contributed by atoms with Crippen LogP contribution >= 0.6 is 11.8 Å². The van der Waals surface area contributed by atoms with E-state index in [2.05, 4.69) is 31.9 Å². The van der Waals surface area contributed by atoms with Crippen LogP contribution in [0.5, 0.6) is 0 Å². The Morgan fingerprint density at radius 2 is 1.35 bits per heavy atom. The number of nitrogens with one attached hydrogen (secondary N) is 6. The van der Waals surface area contributed by atoms with Crippen LogP contribution in [-0.2, 0) is 28.8 Å². The molecule has 2 aromatic rings. The molecule has 1 unspecified atom stereocenters. The van der Waals surface area contributed by atoms with Crippen LogP contribution in [0.1, 0.15) is 82.5 Å². The minimum atomic E-state index is -1.01. The van der Waals surface area contributed by atoms with Crippen molar-refractivity contribution in [1.29, 1.82) is 0 Å². The van der Waals surface area contributed by atoms with E-state index in [1.165, 1.54) is 0 Å². The minimum absolute atomic E-state index is 0.124. The van der Waals surface area contributed by atoms with Gasteiger partial charge in [-0.05, 0) is 74.8 Å². The van der Waals surface area contributed by atoms with Crippen molar-refractivity contribution in [3.8, 4) is 0 Å². The molecule has 2 aromatic carbocycles. The van der Waals surface area contributed by atoms with Crippen LogP contribution in [0.4, 0.5) is 0 Å². The van der Waals surface area contributed by atoms with Gasteiger partial charge in [0.15, 0.2) is 0 Å². The fourth-order valence-electron chi connectivity index (χ4n) is 7.43. The fraction of sp³-hybridized carbons (Fsp3) is 0.526. The van der Waals surface area contributed by atoms with Gasteiger partial charge >= 0.3 is 0 Å². The third-order valence-corrected chi connectivity index (χ3v) is 11.7. The molecule has 0 radical (unpaired) electrons. The van der Waals surface area contributed by atoms with Crippen molar-refractivity contribution in [3.63, 3.8) is 0 Å². The van der Waals surface area contributed by atoms with Crippen molar-refractivity contribution in [1.82, 2.24) is 36.8 Å². The number of fused-ring (bicyclic) bond motifs is 1. The van der Waals surface area contributed by atoms with Crippen molar-refractivity contribution in [2.24, 2.45) is 5.41 Å². The zero-order valence-corrected chi connectivity index (χ0v) is 31.0. The molecule has 5 rings (SSSR count). The number of carbonyl (C=O) groups is 6. The average Bonchev–Trinajstić information content (AvgIpc) is 3.34. The van der Waals surface area contributed by atoms with Gasteiger partial charge in [-0.25, -0.2) is 0 Å². The second kappa shape index (κ2) is 17.4. The zero-order chi connectivity index (χ0) is 37.4. The molecular weight excluding hydrogens is 683 g/mol. The number of nitrogens with zero attached hydrogens (tertiary/aromatic N) is 1. The summed E-state index contributed by atoms with van der Waals surface area (Å²) in [6, 6.07) is 13.8. The third-order valence-electron chi connectivity index (χ3n) is 10.4. The lowest BCUT2D eigenvalue weighted by molar-refractivity contribution is -0.144. The van der Waals surface area contributed by atoms with Gasteiger partial charge in [0, 0.05) is 12.1 Å². The SMILES string of the molecule is CN[C@@H](C)C(=O)N[C@H]1CCSC2CC(C)(C)[C@@H](C(=O)N[C@@H](C(=O)N[C@H]3CC[C@H](NC(=O)[C@@H](NC=O)c4ccccc4)CC3)c3ccccc3)N2C1=O. The topological polar surface area (TPSA) is 178 Å². The van der Waals surface area contributed by atoms with Crippen molar-refractivity contribution in [2.75, 3.05) is 12.8 Å². The second-order valence-corrected chi connectivity index (χ2v) is 15.9. The maximum Gasteiger partial charge on any atom is 0.247 e. The van der Waals surface area contributed by atoms with E-state index in [-0.39, 0.29) is 41.1 Å². The number of benzene rings is 2. The molecule has 3 fully saturated rings. The van der Waals surface area contributed by atoms with Crippen LogP contribution in [0.2, 0.25) is 0 Å². The Bertz CT molecular complexity index is 1590. The highest BCUT2D eigenvalue weighted by atomic mass is 32.2. The molecule has 1 saturated carbocycles. The lowest BCUT2D eigenvalue weighted by Gasteiger charge is -2.35. The summed E-state index contributed by atoms with van der Waals surface area (Å²) >= 11 is 1.61. The summed E-state index contributed by atoms with van der Waals surface area (Å²) in [5, 5.41) is 17.3. The van der Waals surface area contributed by atoms with Gasteiger partial charge in [0.25, 0.3) is 0 Å². The standard InChI is InChI=1S/C38H51N7O6S/c1-23(39-4)33(47)43-28-19-20-52-29-21-38(2,3)32(45(29)37(28)51)36(50)44-31(25-13-9-6-10-14-25)35(49)42-27-17-15-26(16-18-27)41-34(48)30(40-22-46)24-11-7-5-8-12-24/h5-14,22-23,26-32,39H,15-21H2,1-4H3,(H,40,46)(H,41,48)(H,42,49)(H,43,47)(H,44,50)/t23-,26-,27-,28-,29?,30-,31+,32+/m0/s1. The number of carbonyl (C=O) groups excluding carboxylic acids is 6. The molecule has 2 saturated heterocycles. The van der Waals surface area contributed by atoms with E-state index in [4.69, 9.17) is 0 Å². The molecule has 14 heteroatoms. The van der Waals surface area contributed by atoms with Crippen molar-refractivity contribution in [2.45, 2.75) is 107 Å². The molecule has 6 N–H and O–H groups in total. The zero-order valence-electron chi connectivity index (χ0n) is 30.2. The molecule has 13 nitrogen and oxygen atoms in total. The van der Waals surface area contributed by atoms with E-state index < -0.39 is 41.5 Å². The van der Waals surface area contributed by atoms with E-state index in [0.717, 1.165) is 0 Å². The van der Waals surface area contributed by atoms with Crippen LogP contribution in [0.15, 0.2) is 60.7 Å². The first kappa shape index (κ1) is 38.8. The molecule has 0 spiro atoms. The van der Waals surface area contributed by atoms with Crippen molar-refractivity contribution in [3.05, 3.63) is 71.8 Å². The van der Waals surface area contributed by atoms with Crippen LogP contribution < -0.4 is 31.9 Å². The molecule has 6 atom stereocenters. The van der Waals surface area contributed by atoms with Gasteiger partial charge in [-0.15, -0.1) is 11.8 Å². The van der Waals surface area contributed by atoms with Crippen LogP contribution in [0.3, 0.4) is 0 Å². The number of amides is 6. The van der Waals surface area contributed by atoms with E-state index in [0.29, 0.717) is 61.8 Å². The van der Waals surface area contributed by atoms with Crippen LogP contribution in [-0.4, -0.2) is 89.2 Å². The molecule has 0 aromatic heterocycles. The van der Waals surface area contributed by atoms with Gasteiger partial charge < -0.3 is 36.8 Å². The fourth-order valence-corrected chi connectivity index (χ4v) is 9.01. The van der Waals surface area contributed by atoms with Gasteiger partial charge in [0.2, 0.25) is 35.9 Å². The molecular formula is C38H51N7O6S. The summed E-state index contributed by atoms with van der Waals surface area (Å²) in [4.78, 5) is 81.1. The molecule has 0 bridgehead atoms. The van der Waals surface area contributed by atoms with Gasteiger partial charge in [-0.1, -0.05) is 74.5 Å². The maximum absolute atomic E-state index is 14.3. The largest absolute Gasteiger partial charge is 0.351 e. The first-order chi connectivity index (χ1) is 24.9. The Labute approximate surface area is 309 Å². The highest BCUT2D eigenvalue weighted by molar-refractivity contribution is 7.99. The summed E-state index contributed by atoms with van der Waals surface area (Å²) in [7, 11) is 1.68. The summed E-state index contributed by atoms with van der Waals surface area (Å²) in [6.45, 7) is 5.64. The number of hydrogen-bond donors (Lipinski definition) is 6. The van der Waals surface area contributed by atoms with E-state index in [1.54, 1.807) is 54.9 Å². The molecule has 2 heterocycles. The number of likely N-dealkylation sites (N-methyl/N-ethyl adjacent to an activating group) is 1. The quantitative estimate of drug-likeness (QED) is 0.170. The number of rotatable bonds is 13. The van der Waals surface area contributed by atoms with Crippen molar-refractivity contribution >= 4 is 47.7 Å². The summed E-state index contributed by atoms with van der Waals surface area (Å²) < 4.78 is 0. The highest BCUT2D eigenvalue weighted by Gasteiger charge is 2.55. The Morgan fingerprint density at radius 3 is 1.88 bits per heavy atom. The van der Waals surface area contributed by atoms with Crippen LogP contribution in [0, 0.1) is 5.41 Å². The number of thioether (sulfide) groups is 1. The first-order valence-electron chi connectivity index (χ1n) is 18.1. The van der Waals surface area contributed by atoms with Gasteiger partial charge in [-0.3, -0.25) is 28.8 Å². The summed E-state index contributed by atoms with van der Waals surface area (Å²) in [5.41, 5.74) is 0.699. The molecule has 280 valence electrons. The third kappa shape index (κ3) is 9.13. The van der Waals surface area contributed by atoms with E-state index >= 15 is 0 Å². The Morgan fingerprint density at radius 1 is 0.808 bits per heavy atom. The Balaban J connectivity index is 1.25. The van der Waals surface area contributed by atoms with E-state index in [9.17, 15) is 28.8 Å². The maximum atomic E-state index is 14.3. The molecule has 1 aliphatic carbocycles.